The number of methoxy groups -OCH3 is 1. The summed E-state index contributed by atoms with van der Waals surface area (Å²) in [4.78, 5) is 14.3. The standard InChI is InChI=1S/C17H24ClNO3/c1-17(2,3)19-9-7-13(8-10-19)22-15-6-5-12(18)11-14(15)16(20)21-4/h5-6,11,13H,7-10H2,1-4H3. The topological polar surface area (TPSA) is 38.8 Å². The Morgan fingerprint density at radius 3 is 2.45 bits per heavy atom. The highest BCUT2D eigenvalue weighted by molar-refractivity contribution is 6.31. The highest BCUT2D eigenvalue weighted by Gasteiger charge is 2.28. The Morgan fingerprint density at radius 1 is 1.27 bits per heavy atom. The summed E-state index contributed by atoms with van der Waals surface area (Å²) in [5.74, 6) is 0.120. The van der Waals surface area contributed by atoms with Gasteiger partial charge in [0.25, 0.3) is 0 Å². The number of piperidine rings is 1. The van der Waals surface area contributed by atoms with E-state index in [9.17, 15) is 4.79 Å². The van der Waals surface area contributed by atoms with Gasteiger partial charge < -0.3 is 9.47 Å². The molecule has 1 saturated heterocycles. The zero-order valence-electron chi connectivity index (χ0n) is 13.7. The number of hydrogen-bond acceptors (Lipinski definition) is 4. The second-order valence-electron chi connectivity index (χ2n) is 6.61. The number of nitrogens with zero attached hydrogens (tertiary/aromatic N) is 1. The molecule has 0 atom stereocenters. The molecule has 0 amide bonds. The van der Waals surface area contributed by atoms with Crippen LogP contribution in [0.1, 0.15) is 44.0 Å². The van der Waals surface area contributed by atoms with E-state index >= 15 is 0 Å². The Kier molecular flexibility index (Phi) is 5.35. The van der Waals surface area contributed by atoms with Gasteiger partial charge in [0.05, 0.1) is 7.11 Å². The maximum Gasteiger partial charge on any atom is 0.341 e. The lowest BCUT2D eigenvalue weighted by molar-refractivity contribution is 0.0466. The van der Waals surface area contributed by atoms with Crippen LogP contribution < -0.4 is 4.74 Å². The molecule has 1 aliphatic rings. The second-order valence-corrected chi connectivity index (χ2v) is 7.04. The molecule has 0 aromatic heterocycles. The van der Waals surface area contributed by atoms with E-state index in [2.05, 4.69) is 25.7 Å². The lowest BCUT2D eigenvalue weighted by Crippen LogP contribution is -2.48. The number of esters is 1. The third-order valence-electron chi connectivity index (χ3n) is 4.03. The summed E-state index contributed by atoms with van der Waals surface area (Å²) in [6, 6.07) is 5.06. The van der Waals surface area contributed by atoms with E-state index in [1.165, 1.54) is 7.11 Å². The van der Waals surface area contributed by atoms with Crippen LogP contribution in [0.4, 0.5) is 0 Å². The van der Waals surface area contributed by atoms with Crippen LogP contribution in [0, 0.1) is 0 Å². The number of rotatable bonds is 3. The van der Waals surface area contributed by atoms with Crippen LogP contribution >= 0.6 is 11.6 Å². The van der Waals surface area contributed by atoms with Crippen LogP contribution in [0.5, 0.6) is 5.75 Å². The van der Waals surface area contributed by atoms with Crippen molar-refractivity contribution in [1.29, 1.82) is 0 Å². The van der Waals surface area contributed by atoms with E-state index in [0.29, 0.717) is 16.3 Å². The lowest BCUT2D eigenvalue weighted by Gasteiger charge is -2.40. The zero-order chi connectivity index (χ0) is 16.3. The first kappa shape index (κ1) is 17.1. The third-order valence-corrected chi connectivity index (χ3v) is 4.27. The van der Waals surface area contributed by atoms with E-state index < -0.39 is 5.97 Å². The molecule has 0 radical (unpaired) electrons. The first-order valence-electron chi connectivity index (χ1n) is 7.61. The van der Waals surface area contributed by atoms with E-state index in [1.807, 2.05) is 0 Å². The fraction of sp³-hybridized carbons (Fsp3) is 0.588. The molecule has 2 rings (SSSR count). The average Bonchev–Trinajstić information content (AvgIpc) is 2.48. The molecule has 1 aromatic rings. The monoisotopic (exact) mass is 325 g/mol. The van der Waals surface area contributed by atoms with Gasteiger partial charge in [0, 0.05) is 23.7 Å². The fourth-order valence-electron chi connectivity index (χ4n) is 2.70. The molecule has 4 nitrogen and oxygen atoms in total. The molecule has 5 heteroatoms. The number of hydrogen-bond donors (Lipinski definition) is 0. The second kappa shape index (κ2) is 6.88. The van der Waals surface area contributed by atoms with Crippen molar-refractivity contribution in [2.24, 2.45) is 0 Å². The Balaban J connectivity index is 2.05. The highest BCUT2D eigenvalue weighted by atomic mass is 35.5. The first-order chi connectivity index (χ1) is 10.3. The van der Waals surface area contributed by atoms with Crippen LogP contribution in [0.15, 0.2) is 18.2 Å². The lowest BCUT2D eigenvalue weighted by atomic mass is 9.99. The van der Waals surface area contributed by atoms with Crippen LogP contribution in [0.2, 0.25) is 5.02 Å². The molecular formula is C17H24ClNO3. The van der Waals surface area contributed by atoms with Crippen LogP contribution in [0.3, 0.4) is 0 Å². The summed E-state index contributed by atoms with van der Waals surface area (Å²) in [5.41, 5.74) is 0.566. The van der Waals surface area contributed by atoms with Crippen molar-refractivity contribution in [1.82, 2.24) is 4.90 Å². The summed E-state index contributed by atoms with van der Waals surface area (Å²) in [7, 11) is 1.36. The van der Waals surface area contributed by atoms with Gasteiger partial charge in [-0.25, -0.2) is 4.79 Å². The van der Waals surface area contributed by atoms with E-state index in [0.717, 1.165) is 25.9 Å². The maximum atomic E-state index is 11.8. The molecule has 0 aliphatic carbocycles. The molecule has 1 aliphatic heterocycles. The number of carbonyl (C=O) groups is 1. The minimum atomic E-state index is -0.426. The molecule has 22 heavy (non-hydrogen) atoms. The van der Waals surface area contributed by atoms with Gasteiger partial charge in [-0.05, 0) is 51.8 Å². The van der Waals surface area contributed by atoms with E-state index in [-0.39, 0.29) is 11.6 Å². The molecule has 0 bridgehead atoms. The molecule has 1 fully saturated rings. The summed E-state index contributed by atoms with van der Waals surface area (Å²) < 4.78 is 10.8. The molecule has 122 valence electrons. The van der Waals surface area contributed by atoms with Crippen molar-refractivity contribution in [2.45, 2.75) is 45.3 Å². The molecule has 0 N–H and O–H groups in total. The smallest absolute Gasteiger partial charge is 0.341 e. The quantitative estimate of drug-likeness (QED) is 0.793. The molecule has 0 spiro atoms. The molecule has 1 aromatic carbocycles. The third kappa shape index (κ3) is 4.14. The van der Waals surface area contributed by atoms with Gasteiger partial charge in [0.2, 0.25) is 0 Å². The summed E-state index contributed by atoms with van der Waals surface area (Å²) >= 11 is 5.96. The Morgan fingerprint density at radius 2 is 1.91 bits per heavy atom. The van der Waals surface area contributed by atoms with Gasteiger partial charge >= 0.3 is 5.97 Å². The summed E-state index contributed by atoms with van der Waals surface area (Å²) in [5, 5.41) is 0.496. The number of carbonyl (C=O) groups excluding carboxylic acids is 1. The SMILES string of the molecule is COC(=O)c1cc(Cl)ccc1OC1CCN(C(C)(C)C)CC1. The van der Waals surface area contributed by atoms with Crippen molar-refractivity contribution in [3.05, 3.63) is 28.8 Å². The minimum absolute atomic E-state index is 0.114. The van der Waals surface area contributed by atoms with Crippen molar-refractivity contribution in [3.8, 4) is 5.75 Å². The van der Waals surface area contributed by atoms with E-state index in [4.69, 9.17) is 21.1 Å². The van der Waals surface area contributed by atoms with Crippen molar-refractivity contribution in [2.75, 3.05) is 20.2 Å². The normalized spacial score (nSPS) is 17.3. The Hall–Kier alpha value is -1.26. The van der Waals surface area contributed by atoms with Crippen LogP contribution in [0.25, 0.3) is 0 Å². The van der Waals surface area contributed by atoms with Crippen LogP contribution in [-0.2, 0) is 4.74 Å². The number of ether oxygens (including phenoxy) is 2. The van der Waals surface area contributed by atoms with Gasteiger partial charge in [-0.1, -0.05) is 11.6 Å². The zero-order valence-corrected chi connectivity index (χ0v) is 14.4. The van der Waals surface area contributed by atoms with Gasteiger partial charge in [-0.2, -0.15) is 0 Å². The first-order valence-corrected chi connectivity index (χ1v) is 7.98. The Labute approximate surface area is 137 Å². The molecule has 0 unspecified atom stereocenters. The van der Waals surface area contributed by atoms with Gasteiger partial charge in [-0.15, -0.1) is 0 Å². The van der Waals surface area contributed by atoms with Crippen molar-refractivity contribution >= 4 is 17.6 Å². The maximum absolute atomic E-state index is 11.8. The molecule has 1 heterocycles. The minimum Gasteiger partial charge on any atom is -0.489 e. The number of likely N-dealkylation sites (tertiary alicyclic amines) is 1. The predicted molar refractivity (Wildman–Crippen MR) is 87.8 cm³/mol. The average molecular weight is 326 g/mol. The van der Waals surface area contributed by atoms with Gasteiger partial charge in [0.1, 0.15) is 17.4 Å². The van der Waals surface area contributed by atoms with E-state index in [1.54, 1.807) is 18.2 Å². The van der Waals surface area contributed by atoms with Gasteiger partial charge in [0.15, 0.2) is 0 Å². The highest BCUT2D eigenvalue weighted by Crippen LogP contribution is 2.28. The number of benzene rings is 1. The van der Waals surface area contributed by atoms with Gasteiger partial charge in [-0.3, -0.25) is 4.90 Å². The number of halogens is 1. The summed E-state index contributed by atoms with van der Waals surface area (Å²) in [6.45, 7) is 8.67. The predicted octanol–water partition coefficient (Wildman–Crippen LogP) is 3.77. The van der Waals surface area contributed by atoms with Crippen LogP contribution in [-0.4, -0.2) is 42.7 Å². The summed E-state index contributed by atoms with van der Waals surface area (Å²) in [6.07, 6.45) is 2.00. The largest absolute Gasteiger partial charge is 0.489 e. The van der Waals surface area contributed by atoms with Crippen molar-refractivity contribution in [3.63, 3.8) is 0 Å². The Bertz CT molecular complexity index is 531. The fourth-order valence-corrected chi connectivity index (χ4v) is 2.87. The molecule has 0 saturated carbocycles. The molecular weight excluding hydrogens is 302 g/mol. The van der Waals surface area contributed by atoms with Crippen molar-refractivity contribution < 1.29 is 14.3 Å².